The van der Waals surface area contributed by atoms with E-state index in [2.05, 4.69) is 31.4 Å². The van der Waals surface area contributed by atoms with Crippen LogP contribution in [0.25, 0.3) is 0 Å². The zero-order valence-electron chi connectivity index (χ0n) is 15.9. The minimum Gasteiger partial charge on any atom is -0.339 e. The van der Waals surface area contributed by atoms with E-state index in [1.165, 1.54) is 0 Å². The van der Waals surface area contributed by atoms with E-state index in [1.54, 1.807) is 6.07 Å². The molecule has 0 spiro atoms. The molecule has 0 aromatic heterocycles. The summed E-state index contributed by atoms with van der Waals surface area (Å²) in [5.74, 6) is 1.35. The highest BCUT2D eigenvalue weighted by Crippen LogP contribution is 2.21. The molecule has 25 heavy (non-hydrogen) atoms. The largest absolute Gasteiger partial charge is 0.339 e. The van der Waals surface area contributed by atoms with Crippen molar-refractivity contribution in [1.82, 2.24) is 10.2 Å². The molecular formula is C20H31N3O2. The summed E-state index contributed by atoms with van der Waals surface area (Å²) in [7, 11) is 0. The van der Waals surface area contributed by atoms with Gasteiger partial charge in [0, 0.05) is 30.9 Å². The van der Waals surface area contributed by atoms with Gasteiger partial charge in [-0.05, 0) is 61.8 Å². The molecule has 0 unspecified atom stereocenters. The fourth-order valence-electron chi connectivity index (χ4n) is 2.97. The van der Waals surface area contributed by atoms with E-state index >= 15 is 0 Å². The van der Waals surface area contributed by atoms with Gasteiger partial charge in [-0.1, -0.05) is 20.8 Å². The highest BCUT2D eigenvalue weighted by molar-refractivity contribution is 5.96. The molecule has 3 amide bonds. The molecule has 5 nitrogen and oxygen atoms in total. The van der Waals surface area contributed by atoms with E-state index in [9.17, 15) is 9.59 Å². The first-order valence-corrected chi connectivity index (χ1v) is 9.31. The summed E-state index contributed by atoms with van der Waals surface area (Å²) in [6.45, 7) is 10.7. The maximum atomic E-state index is 12.6. The van der Waals surface area contributed by atoms with E-state index in [0.29, 0.717) is 23.9 Å². The van der Waals surface area contributed by atoms with Crippen LogP contribution in [0.15, 0.2) is 18.2 Å². The summed E-state index contributed by atoms with van der Waals surface area (Å²) < 4.78 is 0. The van der Waals surface area contributed by atoms with Crippen LogP contribution < -0.4 is 10.6 Å². The third-order valence-corrected chi connectivity index (χ3v) is 4.80. The normalized spacial score (nSPS) is 15.3. The SMILES string of the molecule is Cc1cc(C(=O)N2CCC(C)CC2)ccc1NC(=O)NCCC(C)C. The Balaban J connectivity index is 1.93. The molecule has 0 aliphatic carbocycles. The van der Waals surface area contributed by atoms with Gasteiger partial charge in [0.2, 0.25) is 0 Å². The molecule has 2 N–H and O–H groups in total. The van der Waals surface area contributed by atoms with Crippen molar-refractivity contribution in [3.8, 4) is 0 Å². The Morgan fingerprint density at radius 3 is 2.52 bits per heavy atom. The Morgan fingerprint density at radius 2 is 1.92 bits per heavy atom. The number of piperidine rings is 1. The maximum Gasteiger partial charge on any atom is 0.319 e. The number of hydrogen-bond acceptors (Lipinski definition) is 2. The minimum absolute atomic E-state index is 0.0861. The van der Waals surface area contributed by atoms with Gasteiger partial charge < -0.3 is 15.5 Å². The van der Waals surface area contributed by atoms with Crippen molar-refractivity contribution < 1.29 is 9.59 Å². The number of anilines is 1. The monoisotopic (exact) mass is 345 g/mol. The van der Waals surface area contributed by atoms with Crippen LogP contribution in [0.4, 0.5) is 10.5 Å². The quantitative estimate of drug-likeness (QED) is 0.846. The van der Waals surface area contributed by atoms with E-state index in [1.807, 2.05) is 24.0 Å². The predicted octanol–water partition coefficient (Wildman–Crippen LogP) is 4.03. The van der Waals surface area contributed by atoms with Gasteiger partial charge >= 0.3 is 6.03 Å². The second kappa shape index (κ2) is 8.88. The van der Waals surface area contributed by atoms with Gasteiger partial charge in [0.15, 0.2) is 0 Å². The van der Waals surface area contributed by atoms with Crippen molar-refractivity contribution >= 4 is 17.6 Å². The van der Waals surface area contributed by atoms with Crippen molar-refractivity contribution in [3.05, 3.63) is 29.3 Å². The number of likely N-dealkylation sites (tertiary alicyclic amines) is 1. The third kappa shape index (κ3) is 5.76. The zero-order chi connectivity index (χ0) is 18.4. The predicted molar refractivity (Wildman–Crippen MR) is 102 cm³/mol. The topological polar surface area (TPSA) is 61.4 Å². The lowest BCUT2D eigenvalue weighted by Gasteiger charge is -2.30. The molecule has 1 aliphatic rings. The van der Waals surface area contributed by atoms with Gasteiger partial charge in [0.25, 0.3) is 5.91 Å². The summed E-state index contributed by atoms with van der Waals surface area (Å²) in [5.41, 5.74) is 2.33. The number of rotatable bonds is 5. The van der Waals surface area contributed by atoms with Crippen LogP contribution >= 0.6 is 0 Å². The zero-order valence-corrected chi connectivity index (χ0v) is 15.9. The molecule has 1 heterocycles. The van der Waals surface area contributed by atoms with Gasteiger partial charge in [-0.25, -0.2) is 4.79 Å². The molecule has 2 rings (SSSR count). The first-order valence-electron chi connectivity index (χ1n) is 9.31. The molecule has 1 aromatic carbocycles. The van der Waals surface area contributed by atoms with Crippen LogP contribution in [0.2, 0.25) is 0 Å². The first kappa shape index (κ1) is 19.3. The van der Waals surface area contributed by atoms with Crippen molar-refractivity contribution in [2.75, 3.05) is 25.0 Å². The van der Waals surface area contributed by atoms with Crippen LogP contribution in [-0.2, 0) is 0 Å². The fraction of sp³-hybridized carbons (Fsp3) is 0.600. The van der Waals surface area contributed by atoms with Crippen molar-refractivity contribution in [1.29, 1.82) is 0 Å². The molecule has 1 saturated heterocycles. The lowest BCUT2D eigenvalue weighted by atomic mass is 9.98. The second-order valence-electron chi connectivity index (χ2n) is 7.57. The summed E-state index contributed by atoms with van der Waals surface area (Å²) in [4.78, 5) is 26.5. The number of amides is 3. The number of aryl methyl sites for hydroxylation is 1. The molecule has 1 aromatic rings. The second-order valence-corrected chi connectivity index (χ2v) is 7.57. The highest BCUT2D eigenvalue weighted by atomic mass is 16.2. The van der Waals surface area contributed by atoms with E-state index in [0.717, 1.165) is 43.6 Å². The lowest BCUT2D eigenvalue weighted by molar-refractivity contribution is 0.0697. The molecule has 1 fully saturated rings. The molecule has 138 valence electrons. The standard InChI is InChI=1S/C20H31N3O2/c1-14(2)7-10-21-20(25)22-18-6-5-17(13-16(18)4)19(24)23-11-8-15(3)9-12-23/h5-6,13-15H,7-12H2,1-4H3,(H2,21,22,25). The third-order valence-electron chi connectivity index (χ3n) is 4.80. The number of carbonyl (C=O) groups excluding carboxylic acids is 2. The molecule has 0 radical (unpaired) electrons. The van der Waals surface area contributed by atoms with Crippen LogP contribution in [-0.4, -0.2) is 36.5 Å². The van der Waals surface area contributed by atoms with Crippen LogP contribution in [0.3, 0.4) is 0 Å². The minimum atomic E-state index is -0.201. The summed E-state index contributed by atoms with van der Waals surface area (Å²) in [5, 5.41) is 5.72. The van der Waals surface area contributed by atoms with Gasteiger partial charge in [0.05, 0.1) is 0 Å². The molecule has 1 aliphatic heterocycles. The van der Waals surface area contributed by atoms with E-state index in [-0.39, 0.29) is 11.9 Å². The van der Waals surface area contributed by atoms with Crippen LogP contribution in [0.1, 0.15) is 56.0 Å². The van der Waals surface area contributed by atoms with Gasteiger partial charge in [-0.15, -0.1) is 0 Å². The van der Waals surface area contributed by atoms with Gasteiger partial charge in [0.1, 0.15) is 0 Å². The Hall–Kier alpha value is -2.04. The summed E-state index contributed by atoms with van der Waals surface area (Å²) in [6.07, 6.45) is 3.09. The van der Waals surface area contributed by atoms with Crippen LogP contribution in [0, 0.1) is 18.8 Å². The molecule has 5 heteroatoms. The van der Waals surface area contributed by atoms with E-state index < -0.39 is 0 Å². The fourth-order valence-corrected chi connectivity index (χ4v) is 2.97. The highest BCUT2D eigenvalue weighted by Gasteiger charge is 2.21. The Kier molecular flexibility index (Phi) is 6.85. The summed E-state index contributed by atoms with van der Waals surface area (Å²) in [6, 6.07) is 5.28. The Labute approximate surface area is 151 Å². The van der Waals surface area contributed by atoms with Crippen molar-refractivity contribution in [2.24, 2.45) is 11.8 Å². The maximum absolute atomic E-state index is 12.6. The first-order chi connectivity index (χ1) is 11.9. The van der Waals surface area contributed by atoms with Crippen molar-refractivity contribution in [3.63, 3.8) is 0 Å². The Morgan fingerprint density at radius 1 is 1.24 bits per heavy atom. The Bertz CT molecular complexity index is 605. The van der Waals surface area contributed by atoms with Crippen molar-refractivity contribution in [2.45, 2.75) is 47.0 Å². The number of nitrogens with zero attached hydrogens (tertiary/aromatic N) is 1. The summed E-state index contributed by atoms with van der Waals surface area (Å²) >= 11 is 0. The number of carbonyl (C=O) groups is 2. The molecular weight excluding hydrogens is 314 g/mol. The van der Waals surface area contributed by atoms with Gasteiger partial charge in [-0.3, -0.25) is 4.79 Å². The molecule has 0 bridgehead atoms. The molecule has 0 atom stereocenters. The number of urea groups is 1. The lowest BCUT2D eigenvalue weighted by Crippen LogP contribution is -2.38. The number of nitrogens with one attached hydrogen (secondary N) is 2. The van der Waals surface area contributed by atoms with Gasteiger partial charge in [-0.2, -0.15) is 0 Å². The average Bonchev–Trinajstić information content (AvgIpc) is 2.56. The van der Waals surface area contributed by atoms with Crippen LogP contribution in [0.5, 0.6) is 0 Å². The van der Waals surface area contributed by atoms with E-state index in [4.69, 9.17) is 0 Å². The molecule has 0 saturated carbocycles. The number of benzene rings is 1. The average molecular weight is 345 g/mol. The number of hydrogen-bond donors (Lipinski definition) is 2. The smallest absolute Gasteiger partial charge is 0.319 e.